The first-order valence-electron chi connectivity index (χ1n) is 6.39. The summed E-state index contributed by atoms with van der Waals surface area (Å²) in [6, 6.07) is 7.87. The highest BCUT2D eigenvalue weighted by Gasteiger charge is 2.18. The summed E-state index contributed by atoms with van der Waals surface area (Å²) in [5.74, 6) is 0.982. The van der Waals surface area contributed by atoms with Gasteiger partial charge in [-0.2, -0.15) is 0 Å². The molecule has 1 aromatic heterocycles. The summed E-state index contributed by atoms with van der Waals surface area (Å²) in [5.41, 5.74) is 1.06. The Labute approximate surface area is 126 Å². The minimum Gasteiger partial charge on any atom is -0.335 e. The second-order valence-corrected chi connectivity index (χ2v) is 5.90. The van der Waals surface area contributed by atoms with Crippen LogP contribution in [0.1, 0.15) is 41.8 Å². The van der Waals surface area contributed by atoms with Gasteiger partial charge in [-0.1, -0.05) is 41.9 Å². The zero-order valence-corrected chi connectivity index (χ0v) is 13.3. The van der Waals surface area contributed by atoms with Gasteiger partial charge >= 0.3 is 0 Å². The van der Waals surface area contributed by atoms with Gasteiger partial charge in [-0.05, 0) is 17.7 Å². The van der Waals surface area contributed by atoms with Crippen molar-refractivity contribution in [2.75, 3.05) is 7.05 Å². The molecule has 0 atom stereocenters. The molecule has 0 fully saturated rings. The molecule has 5 nitrogen and oxygen atoms in total. The standard InChI is InChI=1S/C14H17BrN4O/c1-9(2)12-16-13(18-17-12)14(20)19(3)8-10-4-6-11(15)7-5-10/h4-7,9H,8H2,1-3H3,(H,16,17,18). The third kappa shape index (κ3) is 3.45. The van der Waals surface area contributed by atoms with E-state index >= 15 is 0 Å². The Kier molecular flexibility index (Phi) is 4.54. The van der Waals surface area contributed by atoms with Crippen molar-refractivity contribution in [1.29, 1.82) is 0 Å². The number of H-pyrrole nitrogens is 1. The normalized spacial score (nSPS) is 10.8. The number of hydrogen-bond acceptors (Lipinski definition) is 3. The number of aromatic nitrogens is 3. The number of rotatable bonds is 4. The molecule has 0 aliphatic heterocycles. The van der Waals surface area contributed by atoms with Crippen LogP contribution in [-0.4, -0.2) is 33.0 Å². The van der Waals surface area contributed by atoms with E-state index in [1.807, 2.05) is 38.1 Å². The molecule has 0 aliphatic carbocycles. The SMILES string of the molecule is CC(C)c1nc(C(=O)N(C)Cc2ccc(Br)cc2)n[nH]1. The summed E-state index contributed by atoms with van der Waals surface area (Å²) in [6.45, 7) is 4.53. The number of carbonyl (C=O) groups is 1. The minimum absolute atomic E-state index is 0.184. The van der Waals surface area contributed by atoms with E-state index in [-0.39, 0.29) is 17.6 Å². The quantitative estimate of drug-likeness (QED) is 0.933. The first-order valence-corrected chi connectivity index (χ1v) is 7.19. The number of carbonyl (C=O) groups excluding carboxylic acids is 1. The zero-order valence-electron chi connectivity index (χ0n) is 11.7. The molecule has 0 aliphatic rings. The minimum atomic E-state index is -0.184. The summed E-state index contributed by atoms with van der Waals surface area (Å²) < 4.78 is 1.02. The maximum absolute atomic E-state index is 12.2. The van der Waals surface area contributed by atoms with Gasteiger partial charge in [-0.15, -0.1) is 5.10 Å². The molecule has 20 heavy (non-hydrogen) atoms. The van der Waals surface area contributed by atoms with Gasteiger partial charge in [-0.25, -0.2) is 4.98 Å². The van der Waals surface area contributed by atoms with Gasteiger partial charge in [-0.3, -0.25) is 9.89 Å². The topological polar surface area (TPSA) is 61.9 Å². The lowest BCUT2D eigenvalue weighted by atomic mass is 10.2. The van der Waals surface area contributed by atoms with Gasteiger partial charge in [0.25, 0.3) is 5.91 Å². The van der Waals surface area contributed by atoms with Crippen LogP contribution >= 0.6 is 15.9 Å². The van der Waals surface area contributed by atoms with E-state index in [9.17, 15) is 4.79 Å². The predicted octanol–water partition coefficient (Wildman–Crippen LogP) is 2.96. The Hall–Kier alpha value is -1.69. The van der Waals surface area contributed by atoms with Crippen LogP contribution < -0.4 is 0 Å². The first kappa shape index (κ1) is 14.7. The molecule has 1 aromatic carbocycles. The van der Waals surface area contributed by atoms with Crippen LogP contribution in [0.3, 0.4) is 0 Å². The molecule has 2 aromatic rings. The van der Waals surface area contributed by atoms with E-state index in [0.29, 0.717) is 6.54 Å². The lowest BCUT2D eigenvalue weighted by molar-refractivity contribution is 0.0773. The van der Waals surface area contributed by atoms with E-state index in [4.69, 9.17) is 0 Å². The van der Waals surface area contributed by atoms with E-state index in [0.717, 1.165) is 15.9 Å². The van der Waals surface area contributed by atoms with Gasteiger partial charge in [0.2, 0.25) is 5.82 Å². The van der Waals surface area contributed by atoms with Crippen molar-refractivity contribution < 1.29 is 4.79 Å². The molecule has 0 bridgehead atoms. The Morgan fingerprint density at radius 1 is 1.35 bits per heavy atom. The summed E-state index contributed by atoms with van der Waals surface area (Å²) >= 11 is 3.39. The summed E-state index contributed by atoms with van der Waals surface area (Å²) in [7, 11) is 1.75. The van der Waals surface area contributed by atoms with Crippen molar-refractivity contribution >= 4 is 21.8 Å². The highest BCUT2D eigenvalue weighted by atomic mass is 79.9. The van der Waals surface area contributed by atoms with Crippen LogP contribution in [-0.2, 0) is 6.54 Å². The maximum atomic E-state index is 12.2. The van der Waals surface area contributed by atoms with Gasteiger partial charge in [0.15, 0.2) is 0 Å². The molecule has 106 valence electrons. The Morgan fingerprint density at radius 2 is 2.00 bits per heavy atom. The lowest BCUT2D eigenvalue weighted by Gasteiger charge is -2.15. The number of nitrogens with zero attached hydrogens (tertiary/aromatic N) is 3. The number of aromatic amines is 1. The summed E-state index contributed by atoms with van der Waals surface area (Å²) in [5, 5.41) is 6.78. The fraction of sp³-hybridized carbons (Fsp3) is 0.357. The van der Waals surface area contributed by atoms with Crippen molar-refractivity contribution in [2.24, 2.45) is 0 Å². The molecule has 0 spiro atoms. The molecule has 1 N–H and O–H groups in total. The van der Waals surface area contributed by atoms with Crippen molar-refractivity contribution in [2.45, 2.75) is 26.3 Å². The van der Waals surface area contributed by atoms with Gasteiger partial charge in [0, 0.05) is 24.0 Å². The molecular weight excluding hydrogens is 320 g/mol. The van der Waals surface area contributed by atoms with Crippen molar-refractivity contribution in [3.8, 4) is 0 Å². The number of hydrogen-bond donors (Lipinski definition) is 1. The van der Waals surface area contributed by atoms with E-state index in [1.54, 1.807) is 11.9 Å². The number of amides is 1. The molecule has 0 saturated carbocycles. The smallest absolute Gasteiger partial charge is 0.293 e. The first-order chi connectivity index (χ1) is 9.47. The van der Waals surface area contributed by atoms with Crippen LogP contribution in [0, 0.1) is 0 Å². The zero-order chi connectivity index (χ0) is 14.7. The summed E-state index contributed by atoms with van der Waals surface area (Å²) in [4.78, 5) is 18.1. The lowest BCUT2D eigenvalue weighted by Crippen LogP contribution is -2.27. The Morgan fingerprint density at radius 3 is 2.55 bits per heavy atom. The average Bonchev–Trinajstić information content (AvgIpc) is 2.90. The summed E-state index contributed by atoms with van der Waals surface area (Å²) in [6.07, 6.45) is 0. The fourth-order valence-electron chi connectivity index (χ4n) is 1.73. The third-order valence-corrected chi connectivity index (χ3v) is 3.45. The molecular formula is C14H17BrN4O. The van der Waals surface area contributed by atoms with Crippen LogP contribution in [0.5, 0.6) is 0 Å². The highest BCUT2D eigenvalue weighted by molar-refractivity contribution is 9.10. The molecule has 1 heterocycles. The average molecular weight is 337 g/mol. The Bertz CT molecular complexity index is 591. The van der Waals surface area contributed by atoms with Crippen molar-refractivity contribution in [3.05, 3.63) is 46.0 Å². The third-order valence-electron chi connectivity index (χ3n) is 2.92. The van der Waals surface area contributed by atoms with E-state index < -0.39 is 0 Å². The van der Waals surface area contributed by atoms with Gasteiger partial charge < -0.3 is 4.90 Å². The largest absolute Gasteiger partial charge is 0.335 e. The van der Waals surface area contributed by atoms with E-state index in [2.05, 4.69) is 31.1 Å². The highest BCUT2D eigenvalue weighted by Crippen LogP contribution is 2.13. The number of halogens is 1. The van der Waals surface area contributed by atoms with Crippen LogP contribution in [0.25, 0.3) is 0 Å². The molecule has 0 saturated heterocycles. The molecule has 0 unspecified atom stereocenters. The predicted molar refractivity (Wildman–Crippen MR) is 80.4 cm³/mol. The Balaban J connectivity index is 2.06. The van der Waals surface area contributed by atoms with Gasteiger partial charge in [0.1, 0.15) is 5.82 Å². The second-order valence-electron chi connectivity index (χ2n) is 4.99. The molecule has 2 rings (SSSR count). The van der Waals surface area contributed by atoms with Crippen molar-refractivity contribution in [1.82, 2.24) is 20.1 Å². The van der Waals surface area contributed by atoms with E-state index in [1.165, 1.54) is 0 Å². The van der Waals surface area contributed by atoms with Crippen molar-refractivity contribution in [3.63, 3.8) is 0 Å². The van der Waals surface area contributed by atoms with Gasteiger partial charge in [0.05, 0.1) is 0 Å². The second kappa shape index (κ2) is 6.17. The fourth-order valence-corrected chi connectivity index (χ4v) is 2.00. The monoisotopic (exact) mass is 336 g/mol. The van der Waals surface area contributed by atoms with Crippen LogP contribution in [0.4, 0.5) is 0 Å². The van der Waals surface area contributed by atoms with Crippen LogP contribution in [0.2, 0.25) is 0 Å². The maximum Gasteiger partial charge on any atom is 0.293 e. The van der Waals surface area contributed by atoms with Crippen LogP contribution in [0.15, 0.2) is 28.7 Å². The molecule has 1 amide bonds. The molecule has 6 heteroatoms. The molecule has 0 radical (unpaired) electrons. The number of benzene rings is 1. The number of nitrogens with one attached hydrogen (secondary N) is 1.